The van der Waals surface area contributed by atoms with Gasteiger partial charge in [-0.1, -0.05) is 0 Å². The molecule has 1 aliphatic heterocycles. The number of nitro groups is 1. The molecule has 2 rings (SSSR count). The van der Waals surface area contributed by atoms with Crippen molar-refractivity contribution >= 4 is 27.3 Å². The largest absolute Gasteiger partial charge is 0.481 e. The van der Waals surface area contributed by atoms with E-state index in [9.17, 15) is 23.9 Å². The Bertz CT molecular complexity index is 780. The summed E-state index contributed by atoms with van der Waals surface area (Å²) in [5.41, 5.74) is 0.315. The summed E-state index contributed by atoms with van der Waals surface area (Å²) in [6, 6.07) is 3.88. The van der Waals surface area contributed by atoms with Gasteiger partial charge in [-0.2, -0.15) is 4.36 Å². The molecular formula is C14H16N2O6S. The Morgan fingerprint density at radius 3 is 2.43 bits per heavy atom. The Hall–Kier alpha value is -2.29. The molecule has 0 atom stereocenters. The van der Waals surface area contributed by atoms with Crippen LogP contribution in [0, 0.1) is 23.0 Å². The first-order valence-electron chi connectivity index (χ1n) is 6.96. The molecule has 1 heterocycles. The van der Waals surface area contributed by atoms with Crippen LogP contribution in [0.1, 0.15) is 28.8 Å². The van der Waals surface area contributed by atoms with E-state index in [1.807, 2.05) is 0 Å². The standard InChI is InChI=1S/C14H16N2O6S/c1-9-6-11(8-12(7-9)16(20)21)13(17)15-23(22)4-2-10(3-5-23)14(18)19/h6-8,10H,2-5H2,1H3,(H,18,19). The zero-order chi connectivity index (χ0) is 17.2. The van der Waals surface area contributed by atoms with Gasteiger partial charge in [0.2, 0.25) is 0 Å². The summed E-state index contributed by atoms with van der Waals surface area (Å²) in [5.74, 6) is -2.18. The summed E-state index contributed by atoms with van der Waals surface area (Å²) in [5, 5.41) is 19.8. The van der Waals surface area contributed by atoms with Crippen LogP contribution in [-0.2, 0) is 14.5 Å². The lowest BCUT2D eigenvalue weighted by molar-refractivity contribution is -0.384. The second-order valence-corrected chi connectivity index (χ2v) is 8.05. The van der Waals surface area contributed by atoms with Crippen LogP contribution < -0.4 is 0 Å². The van der Waals surface area contributed by atoms with E-state index in [1.54, 1.807) is 6.92 Å². The number of carbonyl (C=O) groups is 2. The lowest BCUT2D eigenvalue weighted by Gasteiger charge is -2.20. The van der Waals surface area contributed by atoms with Crippen molar-refractivity contribution in [1.29, 1.82) is 0 Å². The molecule has 0 bridgehead atoms. The Morgan fingerprint density at radius 1 is 1.30 bits per heavy atom. The average Bonchev–Trinajstić information content (AvgIpc) is 2.46. The number of nitro benzene ring substituents is 1. The predicted molar refractivity (Wildman–Crippen MR) is 82.8 cm³/mol. The minimum absolute atomic E-state index is 0.0137. The summed E-state index contributed by atoms with van der Waals surface area (Å²) in [6.07, 6.45) is 0.415. The summed E-state index contributed by atoms with van der Waals surface area (Å²) < 4.78 is 16.3. The van der Waals surface area contributed by atoms with Gasteiger partial charge in [0.1, 0.15) is 0 Å². The number of non-ortho nitro benzene ring substituents is 1. The third kappa shape index (κ3) is 4.13. The van der Waals surface area contributed by atoms with E-state index in [1.165, 1.54) is 12.1 Å². The first-order chi connectivity index (χ1) is 10.7. The molecule has 1 N–H and O–H groups in total. The van der Waals surface area contributed by atoms with Gasteiger partial charge in [-0.05, 0) is 31.4 Å². The molecule has 0 saturated carbocycles. The quantitative estimate of drug-likeness (QED) is 0.662. The van der Waals surface area contributed by atoms with E-state index in [-0.39, 0.29) is 35.6 Å². The number of benzene rings is 1. The van der Waals surface area contributed by atoms with Crippen LogP contribution in [0.4, 0.5) is 5.69 Å². The fraction of sp³-hybridized carbons (Fsp3) is 0.429. The summed E-state index contributed by atoms with van der Waals surface area (Å²) in [7, 11) is -2.81. The normalized spacial score (nSPS) is 24.0. The van der Waals surface area contributed by atoms with Gasteiger partial charge in [0.05, 0.1) is 20.6 Å². The van der Waals surface area contributed by atoms with Crippen LogP contribution in [-0.4, -0.2) is 37.6 Å². The molecule has 1 saturated heterocycles. The fourth-order valence-corrected chi connectivity index (χ4v) is 4.53. The number of rotatable bonds is 3. The highest BCUT2D eigenvalue weighted by Gasteiger charge is 2.28. The third-order valence-electron chi connectivity index (χ3n) is 3.69. The molecule has 0 radical (unpaired) electrons. The van der Waals surface area contributed by atoms with Crippen LogP contribution in [0.25, 0.3) is 0 Å². The van der Waals surface area contributed by atoms with Crippen LogP contribution in [0.3, 0.4) is 0 Å². The summed E-state index contributed by atoms with van der Waals surface area (Å²) >= 11 is 0. The minimum Gasteiger partial charge on any atom is -0.481 e. The Kier molecular flexibility index (Phi) is 4.79. The molecule has 0 spiro atoms. The predicted octanol–water partition coefficient (Wildman–Crippen LogP) is 2.01. The van der Waals surface area contributed by atoms with Crippen molar-refractivity contribution in [3.8, 4) is 0 Å². The number of nitrogens with zero attached hydrogens (tertiary/aromatic N) is 2. The highest BCUT2D eigenvalue weighted by Crippen LogP contribution is 2.22. The molecule has 0 aromatic heterocycles. The summed E-state index contributed by atoms with van der Waals surface area (Å²) in [4.78, 5) is 33.3. The molecule has 0 unspecified atom stereocenters. The van der Waals surface area contributed by atoms with Crippen LogP contribution in [0.2, 0.25) is 0 Å². The van der Waals surface area contributed by atoms with Crippen molar-refractivity contribution in [2.24, 2.45) is 10.3 Å². The number of hydrogen-bond acceptors (Lipinski definition) is 5. The van der Waals surface area contributed by atoms with Gasteiger partial charge in [-0.25, -0.2) is 4.21 Å². The molecular weight excluding hydrogens is 324 g/mol. The van der Waals surface area contributed by atoms with Gasteiger partial charge >= 0.3 is 5.97 Å². The molecule has 124 valence electrons. The fourth-order valence-electron chi connectivity index (χ4n) is 2.43. The van der Waals surface area contributed by atoms with Gasteiger partial charge in [0.15, 0.2) is 0 Å². The molecule has 8 nitrogen and oxygen atoms in total. The molecule has 1 aromatic rings. The number of hydrogen-bond donors (Lipinski definition) is 1. The number of aliphatic carboxylic acids is 1. The van der Waals surface area contributed by atoms with Gasteiger partial charge in [-0.3, -0.25) is 19.7 Å². The minimum atomic E-state index is -2.81. The van der Waals surface area contributed by atoms with Crippen LogP contribution >= 0.6 is 0 Å². The SMILES string of the molecule is Cc1cc(C(=O)N=S2(=O)CCC(C(=O)O)CC2)cc([N+](=O)[O-])c1. The highest BCUT2D eigenvalue weighted by molar-refractivity contribution is 7.93. The van der Waals surface area contributed by atoms with Crippen molar-refractivity contribution in [2.75, 3.05) is 11.5 Å². The number of carboxylic acids is 1. The van der Waals surface area contributed by atoms with Crippen molar-refractivity contribution in [2.45, 2.75) is 19.8 Å². The van der Waals surface area contributed by atoms with E-state index >= 15 is 0 Å². The maximum Gasteiger partial charge on any atom is 0.306 e. The number of aryl methyl sites for hydroxylation is 1. The number of carbonyl (C=O) groups excluding carboxylic acids is 1. The van der Waals surface area contributed by atoms with Crippen LogP contribution in [0.5, 0.6) is 0 Å². The molecule has 1 fully saturated rings. The molecule has 1 aromatic carbocycles. The smallest absolute Gasteiger partial charge is 0.306 e. The van der Waals surface area contributed by atoms with Crippen LogP contribution in [0.15, 0.2) is 22.6 Å². The Labute approximate surface area is 132 Å². The second kappa shape index (κ2) is 6.45. The van der Waals surface area contributed by atoms with Crippen molar-refractivity contribution in [1.82, 2.24) is 0 Å². The number of amides is 1. The summed E-state index contributed by atoms with van der Waals surface area (Å²) in [6.45, 7) is 1.61. The van der Waals surface area contributed by atoms with Gasteiger partial charge in [-0.15, -0.1) is 0 Å². The van der Waals surface area contributed by atoms with Crippen molar-refractivity contribution in [3.63, 3.8) is 0 Å². The number of carboxylic acid groups (broad SMARTS) is 1. The average molecular weight is 340 g/mol. The molecule has 1 aliphatic rings. The van der Waals surface area contributed by atoms with E-state index in [4.69, 9.17) is 5.11 Å². The first kappa shape index (κ1) is 17.1. The zero-order valence-corrected chi connectivity index (χ0v) is 13.2. The van der Waals surface area contributed by atoms with E-state index in [0.717, 1.165) is 6.07 Å². The van der Waals surface area contributed by atoms with E-state index in [0.29, 0.717) is 5.56 Å². The van der Waals surface area contributed by atoms with Gasteiger partial charge < -0.3 is 5.11 Å². The lowest BCUT2D eigenvalue weighted by Crippen LogP contribution is -2.28. The maximum atomic E-state index is 12.5. The second-order valence-electron chi connectivity index (χ2n) is 5.50. The third-order valence-corrected chi connectivity index (χ3v) is 5.93. The Balaban J connectivity index is 2.26. The maximum absolute atomic E-state index is 12.5. The van der Waals surface area contributed by atoms with Crippen molar-refractivity contribution in [3.05, 3.63) is 39.4 Å². The van der Waals surface area contributed by atoms with Gasteiger partial charge in [0.25, 0.3) is 11.6 Å². The van der Waals surface area contributed by atoms with E-state index in [2.05, 4.69) is 4.36 Å². The van der Waals surface area contributed by atoms with E-state index < -0.39 is 32.4 Å². The topological polar surface area (TPSA) is 127 Å². The zero-order valence-electron chi connectivity index (χ0n) is 12.4. The lowest BCUT2D eigenvalue weighted by atomic mass is 10.0. The molecule has 0 aliphatic carbocycles. The first-order valence-corrected chi connectivity index (χ1v) is 8.81. The highest BCUT2D eigenvalue weighted by atomic mass is 32.2. The van der Waals surface area contributed by atoms with Crippen molar-refractivity contribution < 1.29 is 23.8 Å². The molecule has 1 amide bonds. The van der Waals surface area contributed by atoms with Gasteiger partial charge in [0, 0.05) is 29.2 Å². The molecule has 23 heavy (non-hydrogen) atoms. The Morgan fingerprint density at radius 2 is 1.91 bits per heavy atom. The monoisotopic (exact) mass is 340 g/mol. The molecule has 9 heteroatoms.